The number of urea groups is 1. The quantitative estimate of drug-likeness (QED) is 0.883. The van der Waals surface area contributed by atoms with Gasteiger partial charge in [0.05, 0.1) is 13.2 Å². The molecule has 0 spiro atoms. The Morgan fingerprint density at radius 2 is 1.77 bits per heavy atom. The molecule has 1 atom stereocenters. The van der Waals surface area contributed by atoms with Gasteiger partial charge >= 0.3 is 6.03 Å². The number of nitrogens with one attached hydrogen (secondary N) is 2. The molecular weight excluding hydrogens is 276 g/mol. The summed E-state index contributed by atoms with van der Waals surface area (Å²) in [5, 5.41) is 5.58. The van der Waals surface area contributed by atoms with Gasteiger partial charge in [0.25, 0.3) is 0 Å². The first-order chi connectivity index (χ1) is 10.7. The van der Waals surface area contributed by atoms with Crippen molar-refractivity contribution in [3.8, 4) is 5.75 Å². The molecule has 2 amide bonds. The van der Waals surface area contributed by atoms with Crippen LogP contribution in [-0.2, 0) is 0 Å². The van der Waals surface area contributed by atoms with Crippen LogP contribution in [0.1, 0.15) is 24.1 Å². The predicted octanol–water partition coefficient (Wildman–Crippen LogP) is 3.73. The van der Waals surface area contributed by atoms with E-state index in [-0.39, 0.29) is 12.1 Å². The van der Waals surface area contributed by atoms with Crippen LogP contribution in [0.2, 0.25) is 0 Å². The first kappa shape index (κ1) is 15.6. The fraction of sp³-hybridized carbons (Fsp3) is 0.167. The van der Waals surface area contributed by atoms with Gasteiger partial charge in [0.15, 0.2) is 0 Å². The van der Waals surface area contributed by atoms with Crippen molar-refractivity contribution in [2.45, 2.75) is 13.0 Å². The van der Waals surface area contributed by atoms with Gasteiger partial charge < -0.3 is 15.4 Å². The van der Waals surface area contributed by atoms with E-state index in [1.165, 1.54) is 0 Å². The summed E-state index contributed by atoms with van der Waals surface area (Å²) >= 11 is 0. The number of benzene rings is 2. The summed E-state index contributed by atoms with van der Waals surface area (Å²) in [6, 6.07) is 17.1. The largest absolute Gasteiger partial charge is 0.496 e. The van der Waals surface area contributed by atoms with Gasteiger partial charge in [-0.1, -0.05) is 48.5 Å². The zero-order chi connectivity index (χ0) is 15.8. The van der Waals surface area contributed by atoms with Gasteiger partial charge in [-0.2, -0.15) is 0 Å². The number of carbonyl (C=O) groups is 1. The molecule has 4 nitrogen and oxygen atoms in total. The van der Waals surface area contributed by atoms with Gasteiger partial charge in [0.1, 0.15) is 5.75 Å². The van der Waals surface area contributed by atoms with Crippen molar-refractivity contribution in [2.75, 3.05) is 7.11 Å². The molecule has 0 radical (unpaired) electrons. The second kappa shape index (κ2) is 7.88. The number of para-hydroxylation sites is 1. The highest BCUT2D eigenvalue weighted by Crippen LogP contribution is 2.18. The molecule has 0 saturated heterocycles. The molecule has 0 saturated carbocycles. The number of hydrogen-bond donors (Lipinski definition) is 2. The number of ether oxygens (including phenoxy) is 1. The average Bonchev–Trinajstić information content (AvgIpc) is 2.56. The molecule has 0 fully saturated rings. The highest BCUT2D eigenvalue weighted by Gasteiger charge is 2.07. The second-order valence-corrected chi connectivity index (χ2v) is 4.83. The number of carbonyl (C=O) groups excluding carboxylic acids is 1. The molecule has 4 heteroatoms. The predicted molar refractivity (Wildman–Crippen MR) is 88.6 cm³/mol. The number of rotatable bonds is 5. The molecule has 0 aromatic heterocycles. The lowest BCUT2D eigenvalue weighted by atomic mass is 10.1. The molecule has 0 aliphatic rings. The maximum atomic E-state index is 11.9. The van der Waals surface area contributed by atoms with E-state index in [1.54, 1.807) is 19.4 Å². The summed E-state index contributed by atoms with van der Waals surface area (Å²) in [7, 11) is 1.62. The van der Waals surface area contributed by atoms with E-state index < -0.39 is 0 Å². The van der Waals surface area contributed by atoms with Crippen LogP contribution >= 0.6 is 0 Å². The summed E-state index contributed by atoms with van der Waals surface area (Å²) in [6.45, 7) is 1.94. The highest BCUT2D eigenvalue weighted by atomic mass is 16.5. The molecule has 2 aromatic carbocycles. The molecule has 0 bridgehead atoms. The topological polar surface area (TPSA) is 50.4 Å². The summed E-state index contributed by atoms with van der Waals surface area (Å²) in [6.07, 6.45) is 3.40. The highest BCUT2D eigenvalue weighted by molar-refractivity contribution is 5.76. The Morgan fingerprint density at radius 1 is 1.09 bits per heavy atom. The van der Waals surface area contributed by atoms with Crippen LogP contribution in [0.15, 0.2) is 60.8 Å². The summed E-state index contributed by atoms with van der Waals surface area (Å²) in [4.78, 5) is 11.9. The Morgan fingerprint density at radius 3 is 2.50 bits per heavy atom. The minimum Gasteiger partial charge on any atom is -0.496 e. The van der Waals surface area contributed by atoms with E-state index in [4.69, 9.17) is 4.74 Å². The van der Waals surface area contributed by atoms with Gasteiger partial charge in [0, 0.05) is 11.8 Å². The van der Waals surface area contributed by atoms with E-state index in [9.17, 15) is 4.79 Å². The third-order valence-corrected chi connectivity index (χ3v) is 3.26. The fourth-order valence-electron chi connectivity index (χ4n) is 2.07. The third-order valence-electron chi connectivity index (χ3n) is 3.26. The fourth-order valence-corrected chi connectivity index (χ4v) is 2.07. The van der Waals surface area contributed by atoms with Gasteiger partial charge in [-0.25, -0.2) is 4.79 Å². The lowest BCUT2D eigenvalue weighted by Gasteiger charge is -2.13. The summed E-state index contributed by atoms with van der Waals surface area (Å²) < 4.78 is 5.25. The zero-order valence-electron chi connectivity index (χ0n) is 12.7. The molecule has 22 heavy (non-hydrogen) atoms. The van der Waals surface area contributed by atoms with Crippen LogP contribution in [0.25, 0.3) is 6.08 Å². The first-order valence-electron chi connectivity index (χ1n) is 7.12. The number of hydrogen-bond acceptors (Lipinski definition) is 2. The lowest BCUT2D eigenvalue weighted by Crippen LogP contribution is -2.34. The van der Waals surface area contributed by atoms with Gasteiger partial charge in [0.2, 0.25) is 0 Å². The molecule has 2 N–H and O–H groups in total. The van der Waals surface area contributed by atoms with Crippen LogP contribution in [-0.4, -0.2) is 13.1 Å². The Hall–Kier alpha value is -2.75. The summed E-state index contributed by atoms with van der Waals surface area (Å²) in [5.74, 6) is 0.763. The average molecular weight is 296 g/mol. The molecule has 0 aliphatic heterocycles. The van der Waals surface area contributed by atoms with Crippen molar-refractivity contribution < 1.29 is 9.53 Å². The Kier molecular flexibility index (Phi) is 5.60. The Balaban J connectivity index is 1.89. The second-order valence-electron chi connectivity index (χ2n) is 4.83. The third kappa shape index (κ3) is 4.38. The van der Waals surface area contributed by atoms with Crippen molar-refractivity contribution in [1.82, 2.24) is 10.6 Å². The smallest absolute Gasteiger partial charge is 0.319 e. The van der Waals surface area contributed by atoms with Crippen molar-refractivity contribution in [1.29, 1.82) is 0 Å². The molecule has 0 heterocycles. The Labute approximate surface area is 130 Å². The van der Waals surface area contributed by atoms with Crippen molar-refractivity contribution >= 4 is 12.1 Å². The standard InChI is InChI=1S/C18H20N2O2/c1-14(15-8-4-3-5-9-15)20-18(21)19-13-12-16-10-6-7-11-17(16)22-2/h3-14H,1-2H3,(H2,19,20,21)/b13-12+. The molecule has 2 aromatic rings. The van der Waals surface area contributed by atoms with Crippen molar-refractivity contribution in [3.63, 3.8) is 0 Å². The Bertz CT molecular complexity index is 639. The van der Waals surface area contributed by atoms with E-state index in [1.807, 2.05) is 61.5 Å². The van der Waals surface area contributed by atoms with Crippen molar-refractivity contribution in [2.24, 2.45) is 0 Å². The number of amides is 2. The molecule has 2 rings (SSSR count). The van der Waals surface area contributed by atoms with E-state index in [0.29, 0.717) is 0 Å². The molecule has 0 aliphatic carbocycles. The molecule has 114 valence electrons. The minimum absolute atomic E-state index is 0.0548. The van der Waals surface area contributed by atoms with Gasteiger partial charge in [-0.15, -0.1) is 0 Å². The van der Waals surface area contributed by atoms with E-state index in [2.05, 4.69) is 10.6 Å². The maximum Gasteiger partial charge on any atom is 0.319 e. The van der Waals surface area contributed by atoms with Gasteiger partial charge in [-0.3, -0.25) is 0 Å². The van der Waals surface area contributed by atoms with Gasteiger partial charge in [-0.05, 0) is 24.6 Å². The zero-order valence-corrected chi connectivity index (χ0v) is 12.7. The van der Waals surface area contributed by atoms with Crippen LogP contribution in [0.5, 0.6) is 5.75 Å². The maximum absolute atomic E-state index is 11.9. The van der Waals surface area contributed by atoms with E-state index in [0.717, 1.165) is 16.9 Å². The summed E-state index contributed by atoms with van der Waals surface area (Å²) in [5.41, 5.74) is 1.97. The van der Waals surface area contributed by atoms with E-state index >= 15 is 0 Å². The van der Waals surface area contributed by atoms with Crippen LogP contribution in [0.3, 0.4) is 0 Å². The minimum atomic E-state index is -0.248. The number of methoxy groups -OCH3 is 1. The molecule has 1 unspecified atom stereocenters. The normalized spacial score (nSPS) is 11.9. The van der Waals surface area contributed by atoms with Crippen LogP contribution < -0.4 is 15.4 Å². The van der Waals surface area contributed by atoms with Crippen LogP contribution in [0.4, 0.5) is 4.79 Å². The lowest BCUT2D eigenvalue weighted by molar-refractivity contribution is 0.241. The molecular formula is C18H20N2O2. The SMILES string of the molecule is COc1ccccc1/C=C/NC(=O)NC(C)c1ccccc1. The van der Waals surface area contributed by atoms with Crippen molar-refractivity contribution in [3.05, 3.63) is 71.9 Å². The van der Waals surface area contributed by atoms with Crippen LogP contribution in [0, 0.1) is 0 Å². The monoisotopic (exact) mass is 296 g/mol. The first-order valence-corrected chi connectivity index (χ1v) is 7.12.